The van der Waals surface area contributed by atoms with E-state index in [0.29, 0.717) is 37.0 Å². The second kappa shape index (κ2) is 7.72. The van der Waals surface area contributed by atoms with E-state index in [9.17, 15) is 19.1 Å². The number of amides is 1. The maximum Gasteiger partial charge on any atom is 0.407 e. The lowest BCUT2D eigenvalue weighted by Crippen LogP contribution is -2.50. The molecule has 0 saturated carbocycles. The van der Waals surface area contributed by atoms with Gasteiger partial charge in [0.15, 0.2) is 0 Å². The molecule has 1 fully saturated rings. The number of nitrogens with one attached hydrogen (secondary N) is 1. The number of hydrogen-bond acceptors (Lipinski definition) is 6. The van der Waals surface area contributed by atoms with Gasteiger partial charge in [-0.2, -0.15) is 0 Å². The van der Waals surface area contributed by atoms with Crippen molar-refractivity contribution in [3.8, 4) is 0 Å². The number of hydrogen-bond donors (Lipinski definition) is 2. The summed E-state index contributed by atoms with van der Waals surface area (Å²) in [5.74, 6) is -0.649. The summed E-state index contributed by atoms with van der Waals surface area (Å²) in [4.78, 5) is 30.5. The van der Waals surface area contributed by atoms with Gasteiger partial charge in [-0.25, -0.2) is 9.18 Å². The number of aromatic nitrogens is 2. The van der Waals surface area contributed by atoms with Crippen molar-refractivity contribution in [2.75, 3.05) is 19.6 Å². The van der Waals surface area contributed by atoms with E-state index in [0.717, 1.165) is 6.20 Å². The first kappa shape index (κ1) is 22.0. The van der Waals surface area contributed by atoms with Gasteiger partial charge in [-0.3, -0.25) is 14.7 Å². The first-order valence-electron chi connectivity index (χ1n) is 10.3. The maximum absolute atomic E-state index is 14.7. The number of rotatable bonds is 3. The third-order valence-electron chi connectivity index (χ3n) is 5.70. The van der Waals surface area contributed by atoms with Crippen LogP contribution in [0.2, 0.25) is 5.02 Å². The van der Waals surface area contributed by atoms with Crippen molar-refractivity contribution >= 4 is 28.7 Å². The highest BCUT2D eigenvalue weighted by atomic mass is 35.5. The molecule has 0 radical (unpaired) electrons. The Kier molecular flexibility index (Phi) is 5.47. The van der Waals surface area contributed by atoms with Crippen LogP contribution in [-0.2, 0) is 16.9 Å². The summed E-state index contributed by atoms with van der Waals surface area (Å²) in [5.41, 5.74) is -1.87. The fourth-order valence-corrected chi connectivity index (χ4v) is 4.63. The summed E-state index contributed by atoms with van der Waals surface area (Å²) in [6, 6.07) is 1.37. The average molecular weight is 453 g/mol. The van der Waals surface area contributed by atoms with E-state index in [1.165, 1.54) is 10.6 Å². The van der Waals surface area contributed by atoms with Gasteiger partial charge in [0.2, 0.25) is 0 Å². The predicted octanol–water partition coefficient (Wildman–Crippen LogP) is 2.38. The first-order valence-corrected chi connectivity index (χ1v) is 10.7. The van der Waals surface area contributed by atoms with Gasteiger partial charge in [0.25, 0.3) is 5.56 Å². The van der Waals surface area contributed by atoms with Crippen LogP contribution in [0.1, 0.15) is 39.2 Å². The zero-order valence-electron chi connectivity index (χ0n) is 17.7. The van der Waals surface area contributed by atoms with Crippen LogP contribution in [0.15, 0.2) is 17.1 Å². The van der Waals surface area contributed by atoms with Crippen molar-refractivity contribution in [3.05, 3.63) is 39.0 Å². The van der Waals surface area contributed by atoms with Crippen LogP contribution < -0.4 is 10.9 Å². The van der Waals surface area contributed by atoms with Crippen LogP contribution in [0.5, 0.6) is 0 Å². The molecule has 31 heavy (non-hydrogen) atoms. The molecule has 2 aromatic heterocycles. The molecular weight excluding hydrogens is 427 g/mol. The third-order valence-corrected chi connectivity index (χ3v) is 5.97. The summed E-state index contributed by atoms with van der Waals surface area (Å²) in [5, 5.41) is 14.3. The molecule has 1 unspecified atom stereocenters. The van der Waals surface area contributed by atoms with Crippen LogP contribution in [0, 0.1) is 5.82 Å². The number of carbonyl (C=O) groups excluding carboxylic acids is 1. The fourth-order valence-electron chi connectivity index (χ4n) is 4.43. The smallest absolute Gasteiger partial charge is 0.407 e. The highest BCUT2D eigenvalue weighted by Gasteiger charge is 2.43. The van der Waals surface area contributed by atoms with E-state index in [1.807, 2.05) is 25.7 Å². The Hall–Kier alpha value is -2.23. The van der Waals surface area contributed by atoms with E-state index in [1.54, 1.807) is 0 Å². The van der Waals surface area contributed by atoms with Gasteiger partial charge < -0.3 is 19.7 Å². The Morgan fingerprint density at radius 1 is 1.42 bits per heavy atom. The van der Waals surface area contributed by atoms with E-state index in [2.05, 4.69) is 10.3 Å². The Balaban J connectivity index is 1.47. The minimum atomic E-state index is -1.58. The molecule has 10 heteroatoms. The molecule has 0 aliphatic carbocycles. The van der Waals surface area contributed by atoms with Crippen molar-refractivity contribution < 1.29 is 19.0 Å². The normalized spacial score (nSPS) is 22.1. The summed E-state index contributed by atoms with van der Waals surface area (Å²) in [6.07, 6.45) is 1.94. The van der Waals surface area contributed by atoms with Crippen LogP contribution in [0.3, 0.4) is 0 Å². The van der Waals surface area contributed by atoms with E-state index < -0.39 is 28.7 Å². The molecular formula is C21H26ClFN4O4. The zero-order chi connectivity index (χ0) is 22.6. The number of halogens is 2. The lowest BCUT2D eigenvalue weighted by atomic mass is 9.93. The SMILES string of the molecule is CC(C)(C)OC(=O)NC1CCN(CC2(O)Cn3c(=O)c(Cl)cc4ncc(F)c2c43)CC1. The molecule has 8 nitrogen and oxygen atoms in total. The molecule has 2 aliphatic rings. The van der Waals surface area contributed by atoms with Crippen LogP contribution in [0.25, 0.3) is 11.0 Å². The molecule has 0 spiro atoms. The number of carbonyl (C=O) groups is 1. The van der Waals surface area contributed by atoms with E-state index in [4.69, 9.17) is 16.3 Å². The maximum atomic E-state index is 14.7. The quantitative estimate of drug-likeness (QED) is 0.742. The minimum Gasteiger partial charge on any atom is -0.444 e. The van der Waals surface area contributed by atoms with Crippen molar-refractivity contribution in [2.24, 2.45) is 0 Å². The second-order valence-corrected chi connectivity index (χ2v) is 9.73. The van der Waals surface area contributed by atoms with Gasteiger partial charge in [0.1, 0.15) is 22.0 Å². The number of alkyl carbamates (subject to hydrolysis) is 1. The molecule has 0 aromatic carbocycles. The van der Waals surface area contributed by atoms with Crippen LogP contribution in [-0.4, -0.2) is 56.9 Å². The zero-order valence-corrected chi connectivity index (χ0v) is 18.5. The Morgan fingerprint density at radius 3 is 2.74 bits per heavy atom. The van der Waals surface area contributed by atoms with Gasteiger partial charge >= 0.3 is 6.09 Å². The molecule has 0 bridgehead atoms. The number of aliphatic hydroxyl groups is 1. The van der Waals surface area contributed by atoms with Gasteiger partial charge in [0.05, 0.1) is 29.3 Å². The first-order chi connectivity index (χ1) is 14.5. The fraction of sp³-hybridized carbons (Fsp3) is 0.571. The largest absolute Gasteiger partial charge is 0.444 e. The molecule has 1 saturated heterocycles. The number of nitrogens with zero attached hydrogens (tertiary/aromatic N) is 3. The summed E-state index contributed by atoms with van der Waals surface area (Å²) >= 11 is 6.01. The standard InChI is InChI=1S/C21H26ClFN4O4/c1-20(2,3)31-19(29)25-12-4-6-26(7-5-12)10-21(30)11-27-17-15(8-13(22)18(27)28)24-9-14(23)16(17)21/h8-9,12,30H,4-7,10-11H2,1-3H3,(H,25,29). The van der Waals surface area contributed by atoms with Gasteiger partial charge in [-0.1, -0.05) is 11.6 Å². The van der Waals surface area contributed by atoms with Crippen molar-refractivity contribution in [3.63, 3.8) is 0 Å². The molecule has 4 heterocycles. The summed E-state index contributed by atoms with van der Waals surface area (Å²) in [7, 11) is 0. The third kappa shape index (κ3) is 4.26. The molecule has 2 aliphatic heterocycles. The Bertz CT molecular complexity index is 1090. The Morgan fingerprint density at radius 2 is 2.10 bits per heavy atom. The van der Waals surface area contributed by atoms with E-state index in [-0.39, 0.29) is 29.7 Å². The minimum absolute atomic E-state index is 0.0177. The van der Waals surface area contributed by atoms with Crippen LogP contribution in [0.4, 0.5) is 9.18 Å². The summed E-state index contributed by atoms with van der Waals surface area (Å²) < 4.78 is 21.3. The molecule has 2 N–H and O–H groups in total. The highest BCUT2D eigenvalue weighted by Crippen LogP contribution is 2.38. The number of pyridine rings is 2. The molecule has 1 amide bonds. The molecule has 168 valence electrons. The van der Waals surface area contributed by atoms with Gasteiger partial charge in [-0.05, 0) is 39.7 Å². The lowest BCUT2D eigenvalue weighted by molar-refractivity contribution is -0.0165. The van der Waals surface area contributed by atoms with Crippen molar-refractivity contribution in [2.45, 2.75) is 57.4 Å². The topological polar surface area (TPSA) is 96.7 Å². The monoisotopic (exact) mass is 452 g/mol. The summed E-state index contributed by atoms with van der Waals surface area (Å²) in [6.45, 7) is 6.70. The second-order valence-electron chi connectivity index (χ2n) is 9.33. The van der Waals surface area contributed by atoms with Gasteiger partial charge in [0, 0.05) is 25.7 Å². The lowest BCUT2D eigenvalue weighted by Gasteiger charge is -2.37. The van der Waals surface area contributed by atoms with Crippen LogP contribution >= 0.6 is 11.6 Å². The van der Waals surface area contributed by atoms with E-state index >= 15 is 0 Å². The predicted molar refractivity (Wildman–Crippen MR) is 114 cm³/mol. The molecule has 2 aromatic rings. The molecule has 1 atom stereocenters. The average Bonchev–Trinajstić information content (AvgIpc) is 2.97. The van der Waals surface area contributed by atoms with Crippen molar-refractivity contribution in [1.29, 1.82) is 0 Å². The number of piperidine rings is 1. The number of likely N-dealkylation sites (tertiary alicyclic amines) is 1. The van der Waals surface area contributed by atoms with Gasteiger partial charge in [-0.15, -0.1) is 0 Å². The number of β-amino-alcohol motifs (C(OH)–C–C–N with tert-alkyl or cyclic N) is 1. The molecule has 4 rings (SSSR count). The highest BCUT2D eigenvalue weighted by molar-refractivity contribution is 6.31. The number of ether oxygens (including phenoxy) is 1. The van der Waals surface area contributed by atoms with Crippen molar-refractivity contribution in [1.82, 2.24) is 19.8 Å². The Labute approximate surface area is 184 Å².